The van der Waals surface area contributed by atoms with Crippen molar-refractivity contribution in [2.24, 2.45) is 0 Å². The minimum atomic E-state index is -0.0238. The van der Waals surface area contributed by atoms with E-state index >= 15 is 0 Å². The molecule has 1 aromatic carbocycles. The van der Waals surface area contributed by atoms with Crippen molar-refractivity contribution in [1.82, 2.24) is 5.32 Å². The fourth-order valence-electron chi connectivity index (χ4n) is 1.74. The molecule has 0 aliphatic carbocycles. The van der Waals surface area contributed by atoms with Gasteiger partial charge in [-0.05, 0) is 36.6 Å². The second-order valence-corrected chi connectivity index (χ2v) is 4.19. The van der Waals surface area contributed by atoms with Gasteiger partial charge in [0.1, 0.15) is 0 Å². The zero-order chi connectivity index (χ0) is 13.4. The van der Waals surface area contributed by atoms with E-state index in [4.69, 9.17) is 4.74 Å². The van der Waals surface area contributed by atoms with E-state index in [0.717, 1.165) is 12.1 Å². The summed E-state index contributed by atoms with van der Waals surface area (Å²) in [6, 6.07) is 6.18. The molecule has 0 aliphatic rings. The summed E-state index contributed by atoms with van der Waals surface area (Å²) < 4.78 is 4.86. The van der Waals surface area contributed by atoms with Crippen LogP contribution in [0.15, 0.2) is 18.2 Å². The molecule has 2 N–H and O–H groups in total. The van der Waals surface area contributed by atoms with Gasteiger partial charge in [-0.3, -0.25) is 4.79 Å². The molecule has 4 heteroatoms. The van der Waals surface area contributed by atoms with E-state index in [2.05, 4.69) is 36.6 Å². The third-order valence-electron chi connectivity index (χ3n) is 2.80. The van der Waals surface area contributed by atoms with E-state index in [-0.39, 0.29) is 12.5 Å². The molecule has 0 saturated heterocycles. The molecule has 0 spiro atoms. The molecule has 0 aliphatic heterocycles. The van der Waals surface area contributed by atoms with Gasteiger partial charge in [0, 0.05) is 19.3 Å². The van der Waals surface area contributed by atoms with Crippen LogP contribution in [0.25, 0.3) is 0 Å². The van der Waals surface area contributed by atoms with Gasteiger partial charge in [-0.25, -0.2) is 0 Å². The number of methoxy groups -OCH3 is 1. The summed E-state index contributed by atoms with van der Waals surface area (Å²) in [5, 5.41) is 5.88. The van der Waals surface area contributed by atoms with Gasteiger partial charge in [-0.2, -0.15) is 0 Å². The van der Waals surface area contributed by atoms with Crippen LogP contribution < -0.4 is 10.6 Å². The predicted octanol–water partition coefficient (Wildman–Crippen LogP) is 1.73. The van der Waals surface area contributed by atoms with Crippen molar-refractivity contribution in [2.75, 3.05) is 32.1 Å². The first-order valence-electron chi connectivity index (χ1n) is 6.26. The highest BCUT2D eigenvalue weighted by atomic mass is 16.5. The minimum Gasteiger partial charge on any atom is -0.383 e. The zero-order valence-electron chi connectivity index (χ0n) is 11.4. The summed E-state index contributed by atoms with van der Waals surface area (Å²) in [6.07, 6.45) is 1.03. The number of carbonyl (C=O) groups is 1. The van der Waals surface area contributed by atoms with Gasteiger partial charge in [0.05, 0.1) is 13.2 Å². The second kappa shape index (κ2) is 7.71. The molecular weight excluding hydrogens is 228 g/mol. The van der Waals surface area contributed by atoms with E-state index < -0.39 is 0 Å². The molecule has 0 radical (unpaired) electrons. The number of hydrogen-bond acceptors (Lipinski definition) is 3. The SMILES string of the molecule is CCc1ccc(NCC(=O)NCCOC)cc1C. The van der Waals surface area contributed by atoms with Gasteiger partial charge in [-0.1, -0.05) is 13.0 Å². The van der Waals surface area contributed by atoms with Crippen LogP contribution in [0, 0.1) is 6.92 Å². The van der Waals surface area contributed by atoms with Crippen LogP contribution in [0.2, 0.25) is 0 Å². The van der Waals surface area contributed by atoms with Crippen LogP contribution in [0.4, 0.5) is 5.69 Å². The smallest absolute Gasteiger partial charge is 0.239 e. The minimum absolute atomic E-state index is 0.0238. The van der Waals surface area contributed by atoms with Crippen LogP contribution in [-0.4, -0.2) is 32.7 Å². The van der Waals surface area contributed by atoms with Gasteiger partial charge in [-0.15, -0.1) is 0 Å². The topological polar surface area (TPSA) is 50.4 Å². The largest absolute Gasteiger partial charge is 0.383 e. The standard InChI is InChI=1S/C14H22N2O2/c1-4-12-5-6-13(9-11(12)2)16-10-14(17)15-7-8-18-3/h5-6,9,16H,4,7-8,10H2,1-3H3,(H,15,17). The van der Waals surface area contributed by atoms with Crippen LogP contribution >= 0.6 is 0 Å². The third kappa shape index (κ3) is 4.75. The fraction of sp³-hybridized carbons (Fsp3) is 0.500. The van der Waals surface area contributed by atoms with Crippen molar-refractivity contribution in [3.63, 3.8) is 0 Å². The maximum Gasteiger partial charge on any atom is 0.239 e. The van der Waals surface area contributed by atoms with Crippen molar-refractivity contribution in [3.8, 4) is 0 Å². The number of anilines is 1. The fourth-order valence-corrected chi connectivity index (χ4v) is 1.74. The first-order valence-corrected chi connectivity index (χ1v) is 6.26. The lowest BCUT2D eigenvalue weighted by atomic mass is 10.1. The van der Waals surface area contributed by atoms with Crippen molar-refractivity contribution < 1.29 is 9.53 Å². The molecule has 0 fully saturated rings. The first-order chi connectivity index (χ1) is 8.67. The molecular formula is C14H22N2O2. The quantitative estimate of drug-likeness (QED) is 0.725. The Labute approximate surface area is 109 Å². The molecule has 0 atom stereocenters. The molecule has 0 aromatic heterocycles. The lowest BCUT2D eigenvalue weighted by molar-refractivity contribution is -0.119. The van der Waals surface area contributed by atoms with Crippen molar-refractivity contribution in [3.05, 3.63) is 29.3 Å². The van der Waals surface area contributed by atoms with E-state index in [1.54, 1.807) is 7.11 Å². The highest BCUT2D eigenvalue weighted by Crippen LogP contribution is 2.15. The van der Waals surface area contributed by atoms with E-state index in [9.17, 15) is 4.79 Å². The molecule has 18 heavy (non-hydrogen) atoms. The number of hydrogen-bond donors (Lipinski definition) is 2. The lowest BCUT2D eigenvalue weighted by Gasteiger charge is -2.10. The number of amides is 1. The van der Waals surface area contributed by atoms with Crippen molar-refractivity contribution >= 4 is 11.6 Å². The molecule has 0 unspecified atom stereocenters. The number of nitrogens with one attached hydrogen (secondary N) is 2. The summed E-state index contributed by atoms with van der Waals surface area (Å²) in [5.74, 6) is -0.0238. The van der Waals surface area contributed by atoms with Gasteiger partial charge >= 0.3 is 0 Å². The van der Waals surface area contributed by atoms with E-state index in [1.165, 1.54) is 11.1 Å². The van der Waals surface area contributed by atoms with Crippen LogP contribution in [0.5, 0.6) is 0 Å². The van der Waals surface area contributed by atoms with Crippen LogP contribution in [-0.2, 0) is 16.0 Å². The predicted molar refractivity (Wildman–Crippen MR) is 73.9 cm³/mol. The molecule has 1 amide bonds. The van der Waals surface area contributed by atoms with Crippen molar-refractivity contribution in [2.45, 2.75) is 20.3 Å². The monoisotopic (exact) mass is 250 g/mol. The van der Waals surface area contributed by atoms with Gasteiger partial charge in [0.2, 0.25) is 5.91 Å². The molecule has 100 valence electrons. The summed E-state index contributed by atoms with van der Waals surface area (Å²) >= 11 is 0. The molecule has 0 bridgehead atoms. The lowest BCUT2D eigenvalue weighted by Crippen LogP contribution is -2.32. The molecule has 0 saturated carbocycles. The maximum atomic E-state index is 11.5. The number of ether oxygens (including phenoxy) is 1. The Morgan fingerprint density at radius 1 is 1.39 bits per heavy atom. The normalized spacial score (nSPS) is 10.2. The molecule has 4 nitrogen and oxygen atoms in total. The second-order valence-electron chi connectivity index (χ2n) is 4.19. The summed E-state index contributed by atoms with van der Waals surface area (Å²) in [6.45, 7) is 5.59. The Morgan fingerprint density at radius 3 is 2.78 bits per heavy atom. The first kappa shape index (κ1) is 14.5. The Balaban J connectivity index is 2.39. The Morgan fingerprint density at radius 2 is 2.17 bits per heavy atom. The van der Waals surface area contributed by atoms with Crippen molar-refractivity contribution in [1.29, 1.82) is 0 Å². The highest BCUT2D eigenvalue weighted by Gasteiger charge is 2.02. The number of aryl methyl sites for hydroxylation is 2. The number of rotatable bonds is 7. The van der Waals surface area contributed by atoms with Gasteiger partial charge < -0.3 is 15.4 Å². The molecule has 1 rings (SSSR count). The van der Waals surface area contributed by atoms with Gasteiger partial charge in [0.15, 0.2) is 0 Å². The summed E-state index contributed by atoms with van der Waals surface area (Å²) in [7, 11) is 1.61. The Kier molecular flexibility index (Phi) is 6.22. The number of benzene rings is 1. The zero-order valence-corrected chi connectivity index (χ0v) is 11.4. The number of carbonyl (C=O) groups excluding carboxylic acids is 1. The Hall–Kier alpha value is -1.55. The molecule has 1 aromatic rings. The summed E-state index contributed by atoms with van der Waals surface area (Å²) in [4.78, 5) is 11.5. The van der Waals surface area contributed by atoms with E-state index in [0.29, 0.717) is 13.2 Å². The molecule has 0 heterocycles. The van der Waals surface area contributed by atoms with E-state index in [1.807, 2.05) is 6.07 Å². The van der Waals surface area contributed by atoms with Crippen LogP contribution in [0.3, 0.4) is 0 Å². The highest BCUT2D eigenvalue weighted by molar-refractivity contribution is 5.80. The average Bonchev–Trinajstić information content (AvgIpc) is 2.37. The summed E-state index contributed by atoms with van der Waals surface area (Å²) in [5.41, 5.74) is 3.57. The Bertz CT molecular complexity index is 391. The maximum absolute atomic E-state index is 11.5. The van der Waals surface area contributed by atoms with Gasteiger partial charge in [0.25, 0.3) is 0 Å². The third-order valence-corrected chi connectivity index (χ3v) is 2.80. The average molecular weight is 250 g/mol. The van der Waals surface area contributed by atoms with Crippen LogP contribution in [0.1, 0.15) is 18.1 Å².